The zero-order valence-corrected chi connectivity index (χ0v) is 13.1. The molecular weight excluding hydrogens is 348 g/mol. The molecule has 0 heterocycles. The van der Waals surface area contributed by atoms with Crippen molar-refractivity contribution in [3.8, 4) is 0 Å². The molecule has 0 fully saturated rings. The number of nitrogens with one attached hydrogen (secondary N) is 1. The molecule has 0 amide bonds. The van der Waals surface area contributed by atoms with Crippen molar-refractivity contribution in [2.24, 2.45) is 0 Å². The Morgan fingerprint density at radius 1 is 1.20 bits per heavy atom. The lowest BCUT2D eigenvalue weighted by atomic mass is 9.98. The number of rotatable bonds is 4. The van der Waals surface area contributed by atoms with Gasteiger partial charge in [0.25, 0.3) is 0 Å². The van der Waals surface area contributed by atoms with Crippen LogP contribution in [0.1, 0.15) is 17.2 Å². The largest absolute Gasteiger partial charge is 0.313 e. The Balaban J connectivity index is 2.31. The Labute approximate surface area is 130 Å². The molecule has 106 valence electrons. The van der Waals surface area contributed by atoms with E-state index in [0.717, 1.165) is 5.56 Å². The topological polar surface area (TPSA) is 12.0 Å². The lowest BCUT2D eigenvalue weighted by molar-refractivity contribution is 0.546. The summed E-state index contributed by atoms with van der Waals surface area (Å²) in [5, 5.41) is 3.44. The monoisotopic (exact) mass is 359 g/mol. The lowest BCUT2D eigenvalue weighted by Crippen LogP contribution is -2.20. The Bertz CT molecular complexity index is 619. The van der Waals surface area contributed by atoms with Crippen LogP contribution in [0.5, 0.6) is 0 Å². The minimum Gasteiger partial charge on any atom is -0.313 e. The van der Waals surface area contributed by atoms with E-state index in [-0.39, 0.29) is 17.7 Å². The second-order valence-corrected chi connectivity index (χ2v) is 5.65. The van der Waals surface area contributed by atoms with Gasteiger partial charge in [-0.25, -0.2) is 8.78 Å². The summed E-state index contributed by atoms with van der Waals surface area (Å²) < 4.78 is 27.8. The zero-order chi connectivity index (χ0) is 14.7. The molecule has 5 heteroatoms. The van der Waals surface area contributed by atoms with E-state index in [2.05, 4.69) is 21.2 Å². The molecule has 2 aromatic rings. The van der Waals surface area contributed by atoms with E-state index in [4.69, 9.17) is 11.6 Å². The van der Waals surface area contributed by atoms with Gasteiger partial charge >= 0.3 is 0 Å². The van der Waals surface area contributed by atoms with Crippen molar-refractivity contribution in [2.75, 3.05) is 7.05 Å². The summed E-state index contributed by atoms with van der Waals surface area (Å²) in [6.07, 6.45) is 0.404. The molecule has 0 aliphatic rings. The highest BCUT2D eigenvalue weighted by atomic mass is 79.9. The third kappa shape index (κ3) is 3.37. The minimum absolute atomic E-state index is 0.198. The fraction of sp³-hybridized carbons (Fsp3) is 0.200. The van der Waals surface area contributed by atoms with Crippen molar-refractivity contribution in [1.82, 2.24) is 5.32 Å². The molecule has 0 saturated carbocycles. The van der Waals surface area contributed by atoms with E-state index < -0.39 is 0 Å². The number of hydrogen-bond acceptors (Lipinski definition) is 1. The molecule has 2 aromatic carbocycles. The predicted octanol–water partition coefficient (Wildman–Crippen LogP) is 4.88. The number of halogens is 4. The quantitative estimate of drug-likeness (QED) is 0.819. The van der Waals surface area contributed by atoms with Gasteiger partial charge in [-0.05, 0) is 58.7 Å². The van der Waals surface area contributed by atoms with Gasteiger partial charge in [0.1, 0.15) is 11.6 Å². The van der Waals surface area contributed by atoms with Gasteiger partial charge in [-0.15, -0.1) is 0 Å². The Kier molecular flexibility index (Phi) is 5.13. The summed E-state index contributed by atoms with van der Waals surface area (Å²) in [6.45, 7) is 0. The van der Waals surface area contributed by atoms with Crippen LogP contribution in [0.25, 0.3) is 0 Å². The number of benzene rings is 2. The molecule has 0 spiro atoms. The highest BCUT2D eigenvalue weighted by Gasteiger charge is 2.17. The van der Waals surface area contributed by atoms with E-state index >= 15 is 0 Å². The van der Waals surface area contributed by atoms with Crippen molar-refractivity contribution in [3.05, 3.63) is 68.7 Å². The molecule has 1 atom stereocenters. The van der Waals surface area contributed by atoms with Gasteiger partial charge in [0, 0.05) is 11.1 Å². The molecule has 1 N–H and O–H groups in total. The minimum atomic E-state index is -0.356. The molecule has 20 heavy (non-hydrogen) atoms. The predicted molar refractivity (Wildman–Crippen MR) is 81.0 cm³/mol. The normalized spacial score (nSPS) is 12.4. The lowest BCUT2D eigenvalue weighted by Gasteiger charge is -2.19. The fourth-order valence-corrected chi connectivity index (χ4v) is 2.76. The summed E-state index contributed by atoms with van der Waals surface area (Å²) in [5.74, 6) is -0.690. The maximum absolute atomic E-state index is 13.8. The van der Waals surface area contributed by atoms with Gasteiger partial charge in [-0.2, -0.15) is 0 Å². The summed E-state index contributed by atoms with van der Waals surface area (Å²) in [7, 11) is 1.76. The van der Waals surface area contributed by atoms with E-state index in [1.807, 2.05) is 6.07 Å². The van der Waals surface area contributed by atoms with Crippen molar-refractivity contribution >= 4 is 27.5 Å². The van der Waals surface area contributed by atoms with Crippen molar-refractivity contribution in [2.45, 2.75) is 12.5 Å². The zero-order valence-electron chi connectivity index (χ0n) is 10.8. The Morgan fingerprint density at radius 2 is 1.95 bits per heavy atom. The van der Waals surface area contributed by atoms with Gasteiger partial charge in [-0.1, -0.05) is 29.8 Å². The van der Waals surface area contributed by atoms with Crippen LogP contribution >= 0.6 is 27.5 Å². The second kappa shape index (κ2) is 6.66. The molecule has 0 aliphatic carbocycles. The molecule has 0 aromatic heterocycles. The van der Waals surface area contributed by atoms with Gasteiger partial charge < -0.3 is 5.32 Å². The molecular formula is C15H13BrClF2N. The number of hydrogen-bond donors (Lipinski definition) is 1. The highest BCUT2D eigenvalue weighted by molar-refractivity contribution is 9.10. The van der Waals surface area contributed by atoms with Crippen LogP contribution in [0.2, 0.25) is 5.02 Å². The molecule has 0 bridgehead atoms. The highest BCUT2D eigenvalue weighted by Crippen LogP contribution is 2.29. The van der Waals surface area contributed by atoms with Gasteiger partial charge in [-0.3, -0.25) is 0 Å². The van der Waals surface area contributed by atoms with Gasteiger partial charge in [0.2, 0.25) is 0 Å². The van der Waals surface area contributed by atoms with Crippen molar-refractivity contribution in [3.63, 3.8) is 0 Å². The van der Waals surface area contributed by atoms with Crippen LogP contribution in [0.15, 0.2) is 40.9 Å². The van der Waals surface area contributed by atoms with Crippen LogP contribution in [0, 0.1) is 11.6 Å². The smallest absolute Gasteiger partial charge is 0.137 e. The van der Waals surface area contributed by atoms with Crippen LogP contribution in [0.4, 0.5) is 8.78 Å². The van der Waals surface area contributed by atoms with E-state index in [1.54, 1.807) is 25.2 Å². The maximum Gasteiger partial charge on any atom is 0.137 e. The van der Waals surface area contributed by atoms with E-state index in [1.165, 1.54) is 12.1 Å². The van der Waals surface area contributed by atoms with Crippen LogP contribution < -0.4 is 5.32 Å². The molecule has 1 nitrogen and oxygen atoms in total. The first-order valence-corrected chi connectivity index (χ1v) is 7.25. The van der Waals surface area contributed by atoms with Gasteiger partial charge in [0.05, 0.1) is 4.47 Å². The third-order valence-electron chi connectivity index (χ3n) is 3.14. The standard InChI is InChI=1S/C15H13BrClF2N/c1-20-14(11-3-2-4-12(18)15(11)16)7-9-5-6-10(17)8-13(9)19/h2-6,8,14,20H,7H2,1H3. The molecule has 2 rings (SSSR count). The Hall–Kier alpha value is -0.970. The summed E-state index contributed by atoms with van der Waals surface area (Å²) >= 11 is 8.97. The van der Waals surface area contributed by atoms with Crippen LogP contribution in [0.3, 0.4) is 0 Å². The molecule has 0 radical (unpaired) electrons. The van der Waals surface area contributed by atoms with Gasteiger partial charge in [0.15, 0.2) is 0 Å². The van der Waals surface area contributed by atoms with E-state index in [9.17, 15) is 8.78 Å². The SMILES string of the molecule is CNC(Cc1ccc(Cl)cc1F)c1cccc(F)c1Br. The van der Waals surface area contributed by atoms with E-state index in [0.29, 0.717) is 21.5 Å². The average molecular weight is 361 g/mol. The van der Waals surface area contributed by atoms with Crippen LogP contribution in [-0.2, 0) is 6.42 Å². The third-order valence-corrected chi connectivity index (χ3v) is 4.22. The number of likely N-dealkylation sites (N-methyl/N-ethyl adjacent to an activating group) is 1. The maximum atomic E-state index is 13.8. The first-order valence-electron chi connectivity index (χ1n) is 6.08. The van der Waals surface area contributed by atoms with Crippen molar-refractivity contribution in [1.29, 1.82) is 0 Å². The van der Waals surface area contributed by atoms with Crippen molar-refractivity contribution < 1.29 is 8.78 Å². The Morgan fingerprint density at radius 3 is 2.60 bits per heavy atom. The van der Waals surface area contributed by atoms with Crippen LogP contribution in [-0.4, -0.2) is 7.05 Å². The molecule has 0 aliphatic heterocycles. The summed E-state index contributed by atoms with van der Waals surface area (Å²) in [5.41, 5.74) is 1.28. The summed E-state index contributed by atoms with van der Waals surface area (Å²) in [6, 6.07) is 9.20. The second-order valence-electron chi connectivity index (χ2n) is 4.42. The first kappa shape index (κ1) is 15.4. The average Bonchev–Trinajstić information content (AvgIpc) is 2.42. The molecule has 0 saturated heterocycles. The first-order chi connectivity index (χ1) is 9.52. The summed E-state index contributed by atoms with van der Waals surface area (Å²) in [4.78, 5) is 0. The fourth-order valence-electron chi connectivity index (χ4n) is 2.06. The molecule has 1 unspecified atom stereocenters.